The molecule has 0 saturated heterocycles. The molecule has 0 bridgehead atoms. The Bertz CT molecular complexity index is 1140. The highest BCUT2D eigenvalue weighted by atomic mass is 19.4. The summed E-state index contributed by atoms with van der Waals surface area (Å²) in [5, 5.41) is 2.07. The number of amides is 2. The minimum atomic E-state index is -5.18. The normalized spacial score (nSPS) is 29.4. The second kappa shape index (κ2) is 10.0. The van der Waals surface area contributed by atoms with Crippen molar-refractivity contribution in [3.63, 3.8) is 0 Å². The first kappa shape index (κ1) is 28.2. The number of carbonyl (C=O) groups is 3. The first-order valence-electron chi connectivity index (χ1n) is 13.3. The van der Waals surface area contributed by atoms with Crippen LogP contribution in [0.3, 0.4) is 0 Å². The Balaban J connectivity index is 1.72. The number of ketones is 1. The summed E-state index contributed by atoms with van der Waals surface area (Å²) in [5.74, 6) is -2.10. The molecule has 208 valence electrons. The summed E-state index contributed by atoms with van der Waals surface area (Å²) in [6, 6.07) is 6.40. The third-order valence-electron chi connectivity index (χ3n) is 8.61. The molecule has 1 N–H and O–H groups in total. The lowest BCUT2D eigenvalue weighted by atomic mass is 9.72. The Kier molecular flexibility index (Phi) is 7.45. The van der Waals surface area contributed by atoms with E-state index in [2.05, 4.69) is 5.32 Å². The molecular formula is C29H37F3N2O4. The molecule has 4 rings (SSSR count). The van der Waals surface area contributed by atoms with E-state index < -0.39 is 46.3 Å². The van der Waals surface area contributed by atoms with Crippen molar-refractivity contribution < 1.29 is 32.3 Å². The van der Waals surface area contributed by atoms with E-state index >= 15 is 13.2 Å². The van der Waals surface area contributed by atoms with Gasteiger partial charge in [0.1, 0.15) is 5.75 Å². The number of methoxy groups -OCH3 is 1. The number of rotatable bonds is 6. The lowest BCUT2D eigenvalue weighted by Gasteiger charge is -2.43. The summed E-state index contributed by atoms with van der Waals surface area (Å²) in [7, 11) is 1.52. The van der Waals surface area contributed by atoms with Crippen LogP contribution in [-0.2, 0) is 20.8 Å². The van der Waals surface area contributed by atoms with Crippen LogP contribution in [0.25, 0.3) is 0 Å². The topological polar surface area (TPSA) is 75.7 Å². The van der Waals surface area contributed by atoms with Crippen molar-refractivity contribution in [2.75, 3.05) is 7.11 Å². The van der Waals surface area contributed by atoms with Gasteiger partial charge in [-0.2, -0.15) is 13.2 Å². The van der Waals surface area contributed by atoms with Gasteiger partial charge in [0.15, 0.2) is 5.78 Å². The van der Waals surface area contributed by atoms with E-state index in [4.69, 9.17) is 4.74 Å². The maximum Gasteiger partial charge on any atom is 0.425 e. The monoisotopic (exact) mass is 534 g/mol. The van der Waals surface area contributed by atoms with Crippen molar-refractivity contribution >= 4 is 17.6 Å². The SMILES string of the molecule is COc1ccc(CCC(=O)N[C@@]2(C(F)(F)F)C(=O)N([C@H]3CCC[C@H](C)[C@@H]3C)C3=C2C(=O)CC(C)(C)C3)cc1. The number of carbonyl (C=O) groups excluding carboxylic acids is 3. The van der Waals surface area contributed by atoms with E-state index in [1.54, 1.807) is 24.3 Å². The Morgan fingerprint density at radius 2 is 1.76 bits per heavy atom. The van der Waals surface area contributed by atoms with Crippen LogP contribution in [0, 0.1) is 17.3 Å². The summed E-state index contributed by atoms with van der Waals surface area (Å²) < 4.78 is 50.3. The average Bonchev–Trinajstić information content (AvgIpc) is 3.07. The number of nitrogens with one attached hydrogen (secondary N) is 1. The van der Waals surface area contributed by atoms with Gasteiger partial charge in [-0.15, -0.1) is 0 Å². The van der Waals surface area contributed by atoms with E-state index in [1.165, 1.54) is 12.0 Å². The molecule has 0 spiro atoms. The van der Waals surface area contributed by atoms with Crippen LogP contribution in [0.1, 0.15) is 71.8 Å². The van der Waals surface area contributed by atoms with E-state index in [0.717, 1.165) is 18.4 Å². The van der Waals surface area contributed by atoms with E-state index in [1.807, 2.05) is 27.7 Å². The van der Waals surface area contributed by atoms with E-state index in [-0.39, 0.29) is 43.2 Å². The number of hydrogen-bond acceptors (Lipinski definition) is 4. The quantitative estimate of drug-likeness (QED) is 0.534. The number of allylic oxidation sites excluding steroid dienone is 1. The van der Waals surface area contributed by atoms with Crippen LogP contribution in [-0.4, -0.2) is 47.4 Å². The van der Waals surface area contributed by atoms with Crippen molar-refractivity contribution in [3.05, 3.63) is 41.1 Å². The van der Waals surface area contributed by atoms with Gasteiger partial charge in [0.2, 0.25) is 11.4 Å². The molecule has 9 heteroatoms. The number of aryl methyl sites for hydroxylation is 1. The fraction of sp³-hybridized carbons (Fsp3) is 0.621. The second-order valence-corrected chi connectivity index (χ2v) is 11.9. The summed E-state index contributed by atoms with van der Waals surface area (Å²) in [6.45, 7) is 7.65. The Morgan fingerprint density at radius 1 is 1.11 bits per heavy atom. The largest absolute Gasteiger partial charge is 0.497 e. The number of Topliss-reactive ketones (excluding diaryl/α,β-unsaturated/α-hetero) is 1. The van der Waals surface area contributed by atoms with Crippen LogP contribution < -0.4 is 10.1 Å². The van der Waals surface area contributed by atoms with Gasteiger partial charge in [0, 0.05) is 24.6 Å². The molecular weight excluding hydrogens is 497 g/mol. The standard InChI is InChI=1S/C29H37F3N2O4/c1-17-7-6-8-21(18(17)2)34-22-15-27(3,4)16-23(35)25(22)28(26(34)37,29(30,31)32)33-24(36)14-11-19-9-12-20(38-5)13-10-19/h9-10,12-13,17-18,21H,6-8,11,14-16H2,1-5H3,(H,33,36)/t17-,18-,21-,28+/m0/s1. The highest BCUT2D eigenvalue weighted by molar-refractivity contribution is 6.13. The van der Waals surface area contributed by atoms with Gasteiger partial charge in [-0.25, -0.2) is 0 Å². The molecule has 3 aliphatic rings. The highest BCUT2D eigenvalue weighted by Gasteiger charge is 2.72. The van der Waals surface area contributed by atoms with Crippen molar-refractivity contribution in [1.82, 2.24) is 10.2 Å². The molecule has 2 amide bonds. The van der Waals surface area contributed by atoms with Gasteiger partial charge in [0.05, 0.1) is 12.7 Å². The second-order valence-electron chi connectivity index (χ2n) is 11.9. The molecule has 1 saturated carbocycles. The molecule has 38 heavy (non-hydrogen) atoms. The highest BCUT2D eigenvalue weighted by Crippen LogP contribution is 2.53. The van der Waals surface area contributed by atoms with Crippen molar-refractivity contribution in [2.45, 2.75) is 90.4 Å². The lowest BCUT2D eigenvalue weighted by molar-refractivity contribution is -0.195. The molecule has 1 heterocycles. The van der Waals surface area contributed by atoms with Crippen LogP contribution in [0.2, 0.25) is 0 Å². The van der Waals surface area contributed by atoms with Crippen LogP contribution >= 0.6 is 0 Å². The number of halogens is 3. The fourth-order valence-electron chi connectivity index (χ4n) is 6.37. The average molecular weight is 535 g/mol. The van der Waals surface area contributed by atoms with Gasteiger partial charge >= 0.3 is 6.18 Å². The fourth-order valence-corrected chi connectivity index (χ4v) is 6.37. The molecule has 0 unspecified atom stereocenters. The molecule has 1 aliphatic heterocycles. The smallest absolute Gasteiger partial charge is 0.425 e. The van der Waals surface area contributed by atoms with Crippen molar-refractivity contribution in [1.29, 1.82) is 0 Å². The van der Waals surface area contributed by atoms with E-state index in [0.29, 0.717) is 12.2 Å². The summed E-state index contributed by atoms with van der Waals surface area (Å²) in [5.41, 5.74) is -3.68. The Labute approximate surface area is 222 Å². The molecule has 1 fully saturated rings. The van der Waals surface area contributed by atoms with Gasteiger partial charge in [-0.05, 0) is 54.2 Å². The summed E-state index contributed by atoms with van der Waals surface area (Å²) in [4.78, 5) is 41.7. The Morgan fingerprint density at radius 3 is 2.37 bits per heavy atom. The zero-order valence-electron chi connectivity index (χ0n) is 22.7. The predicted molar refractivity (Wildman–Crippen MR) is 136 cm³/mol. The maximum atomic E-state index is 15.1. The molecule has 0 radical (unpaired) electrons. The molecule has 1 aromatic carbocycles. The summed E-state index contributed by atoms with van der Waals surface area (Å²) >= 11 is 0. The predicted octanol–water partition coefficient (Wildman–Crippen LogP) is 5.36. The third-order valence-corrected chi connectivity index (χ3v) is 8.61. The number of alkyl halides is 3. The maximum absolute atomic E-state index is 15.1. The molecule has 1 aromatic rings. The van der Waals surface area contributed by atoms with Gasteiger partial charge in [-0.1, -0.05) is 52.7 Å². The minimum absolute atomic E-state index is 0.0450. The zero-order valence-corrected chi connectivity index (χ0v) is 22.7. The number of nitrogens with zero attached hydrogens (tertiary/aromatic N) is 1. The lowest BCUT2D eigenvalue weighted by Crippen LogP contribution is -2.67. The molecule has 4 atom stereocenters. The number of hydrogen-bond donors (Lipinski definition) is 1. The van der Waals surface area contributed by atoms with Crippen molar-refractivity contribution in [2.24, 2.45) is 17.3 Å². The Hall–Kier alpha value is -2.84. The number of benzene rings is 1. The first-order valence-corrected chi connectivity index (χ1v) is 13.3. The first-order chi connectivity index (χ1) is 17.7. The molecule has 2 aliphatic carbocycles. The summed E-state index contributed by atoms with van der Waals surface area (Å²) in [6.07, 6.45) is -2.96. The van der Waals surface area contributed by atoms with Crippen LogP contribution in [0.15, 0.2) is 35.5 Å². The third kappa shape index (κ3) is 4.84. The van der Waals surface area contributed by atoms with Gasteiger partial charge in [-0.3, -0.25) is 14.4 Å². The molecule has 0 aromatic heterocycles. The van der Waals surface area contributed by atoms with E-state index in [9.17, 15) is 14.4 Å². The van der Waals surface area contributed by atoms with Crippen LogP contribution in [0.5, 0.6) is 5.75 Å². The number of ether oxygens (including phenoxy) is 1. The van der Waals surface area contributed by atoms with Gasteiger partial charge < -0.3 is 15.0 Å². The molecule has 6 nitrogen and oxygen atoms in total. The minimum Gasteiger partial charge on any atom is -0.497 e. The van der Waals surface area contributed by atoms with Crippen LogP contribution in [0.4, 0.5) is 13.2 Å². The zero-order chi connectivity index (χ0) is 28.0. The van der Waals surface area contributed by atoms with Gasteiger partial charge in [0.25, 0.3) is 5.91 Å². The van der Waals surface area contributed by atoms with Crippen molar-refractivity contribution in [3.8, 4) is 5.75 Å².